The van der Waals surface area contributed by atoms with Crippen LogP contribution in [-0.4, -0.2) is 17.2 Å². The maximum atomic E-state index is 13.6. The lowest BCUT2D eigenvalue weighted by Crippen LogP contribution is -2.04. The van der Waals surface area contributed by atoms with Gasteiger partial charge in [-0.05, 0) is 27.6 Å². The fourth-order valence-corrected chi connectivity index (χ4v) is 1.44. The van der Waals surface area contributed by atoms with Gasteiger partial charge in [-0.3, -0.25) is 4.99 Å². The first-order valence-electron chi connectivity index (χ1n) is 4.71. The van der Waals surface area contributed by atoms with Crippen LogP contribution in [0.3, 0.4) is 0 Å². The highest BCUT2D eigenvalue weighted by Crippen LogP contribution is 2.23. The average molecular weight is 272 g/mol. The van der Waals surface area contributed by atoms with Crippen molar-refractivity contribution in [3.05, 3.63) is 48.2 Å². The van der Waals surface area contributed by atoms with Crippen molar-refractivity contribution in [2.75, 3.05) is 7.05 Å². The topological polar surface area (TPSA) is 37.3 Å². The van der Waals surface area contributed by atoms with E-state index in [1.54, 1.807) is 19.2 Å². The van der Waals surface area contributed by atoms with Crippen molar-refractivity contribution in [3.63, 3.8) is 0 Å². The van der Waals surface area contributed by atoms with E-state index >= 15 is 0 Å². The summed E-state index contributed by atoms with van der Waals surface area (Å²) in [5, 5.41) is 3.02. The van der Waals surface area contributed by atoms with Crippen LogP contribution in [0.4, 0.5) is 4.39 Å². The van der Waals surface area contributed by atoms with Crippen LogP contribution < -0.4 is 5.09 Å². The lowest BCUT2D eigenvalue weighted by atomic mass is 10.1. The molecule has 6 heteroatoms. The quantitative estimate of drug-likeness (QED) is 0.396. The van der Waals surface area contributed by atoms with Gasteiger partial charge in [0.2, 0.25) is 5.95 Å². The molecular weight excluding hydrogens is 260 g/mol. The van der Waals surface area contributed by atoms with E-state index in [2.05, 4.69) is 31.0 Å². The van der Waals surface area contributed by atoms with E-state index < -0.39 is 5.95 Å². The van der Waals surface area contributed by atoms with Gasteiger partial charge in [-0.1, -0.05) is 18.2 Å². The fourth-order valence-electron chi connectivity index (χ4n) is 1.18. The summed E-state index contributed by atoms with van der Waals surface area (Å²) in [6, 6.07) is 3.24. The third-order valence-electron chi connectivity index (χ3n) is 2.03. The number of pyridine rings is 1. The first kappa shape index (κ1) is 13.8. The first-order valence-corrected chi connectivity index (χ1v) is 5.66. The van der Waals surface area contributed by atoms with E-state index in [0.29, 0.717) is 16.8 Å². The van der Waals surface area contributed by atoms with E-state index in [0.717, 1.165) is 0 Å². The second-order valence-corrected chi connectivity index (χ2v) is 3.74. The largest absolute Gasteiger partial charge is 0.369 e. The molecule has 0 aliphatic carbocycles. The summed E-state index contributed by atoms with van der Waals surface area (Å²) in [6.45, 7) is 3.77. The minimum atomic E-state index is -0.583. The summed E-state index contributed by atoms with van der Waals surface area (Å²) in [5.74, 6) is -0.583. The number of aliphatic imine (C=N–C) groups is 1. The van der Waals surface area contributed by atoms with Crippen LogP contribution in [0.1, 0.15) is 5.56 Å². The molecule has 0 spiro atoms. The van der Waals surface area contributed by atoms with Crippen LogP contribution in [0.15, 0.2) is 41.7 Å². The van der Waals surface area contributed by atoms with E-state index in [-0.39, 0.29) is 5.17 Å². The van der Waals surface area contributed by atoms with Gasteiger partial charge in [0.05, 0.1) is 0 Å². The number of nitrogens with one attached hydrogen (secondary N) is 1. The molecule has 3 nitrogen and oxygen atoms in total. The van der Waals surface area contributed by atoms with Crippen molar-refractivity contribution >= 4 is 31.7 Å². The number of halogens is 2. The zero-order chi connectivity index (χ0) is 12.8. The van der Waals surface area contributed by atoms with Crippen molar-refractivity contribution in [1.29, 1.82) is 0 Å². The molecule has 0 aliphatic heterocycles. The van der Waals surface area contributed by atoms with Gasteiger partial charge in [0.25, 0.3) is 0 Å². The zero-order valence-electron chi connectivity index (χ0n) is 9.24. The molecule has 1 rings (SSSR count). The third-order valence-corrected chi connectivity index (χ3v) is 2.65. The molecule has 0 aromatic carbocycles. The van der Waals surface area contributed by atoms with E-state index in [1.165, 1.54) is 12.3 Å². The highest BCUT2D eigenvalue weighted by Gasteiger charge is 2.11. The van der Waals surface area contributed by atoms with E-state index in [1.807, 2.05) is 0 Å². The molecule has 1 aromatic rings. The number of hydrogen-bond donors (Lipinski definition) is 1. The predicted molar refractivity (Wildman–Crippen MR) is 73.4 cm³/mol. The Bertz CT molecular complexity index is 485. The van der Waals surface area contributed by atoms with Gasteiger partial charge in [0.15, 0.2) is 0 Å². The average Bonchev–Trinajstić information content (AvgIpc) is 2.35. The van der Waals surface area contributed by atoms with Gasteiger partial charge in [0.1, 0.15) is 5.17 Å². The van der Waals surface area contributed by atoms with Crippen molar-refractivity contribution < 1.29 is 4.39 Å². The van der Waals surface area contributed by atoms with Crippen molar-refractivity contribution in [1.82, 2.24) is 10.1 Å². The molecule has 0 bridgehead atoms. The standard InChI is InChI=1S/C11H12ClFN3P/c1-7(16-17)9(6-10(12)14-2)8-4-3-5-15-11(8)13/h3-6,16H,1,17H2,2H3/b9-6+,14-10?. The van der Waals surface area contributed by atoms with Gasteiger partial charge < -0.3 is 5.09 Å². The molecule has 90 valence electrons. The summed E-state index contributed by atoms with van der Waals surface area (Å²) in [6.07, 6.45) is 2.91. The monoisotopic (exact) mass is 271 g/mol. The number of rotatable bonds is 4. The summed E-state index contributed by atoms with van der Waals surface area (Å²) < 4.78 is 13.6. The minimum Gasteiger partial charge on any atom is -0.369 e. The molecule has 1 N–H and O–H groups in total. The second kappa shape index (κ2) is 6.48. The summed E-state index contributed by atoms with van der Waals surface area (Å²) in [5.41, 5.74) is 1.32. The Kier molecular flexibility index (Phi) is 5.26. The summed E-state index contributed by atoms with van der Waals surface area (Å²) in [7, 11) is 3.84. The Labute approximate surface area is 107 Å². The summed E-state index contributed by atoms with van der Waals surface area (Å²) in [4.78, 5) is 7.37. The van der Waals surface area contributed by atoms with Crippen LogP contribution in [0.25, 0.3) is 5.57 Å². The van der Waals surface area contributed by atoms with Gasteiger partial charge in [-0.25, -0.2) is 4.98 Å². The normalized spacial score (nSPS) is 12.5. The Morgan fingerprint density at radius 2 is 2.41 bits per heavy atom. The molecule has 0 fully saturated rings. The SMILES string of the molecule is C=C(NP)/C(=C\C(Cl)=NC)c1cccnc1F. The van der Waals surface area contributed by atoms with Crippen LogP contribution in [0.2, 0.25) is 0 Å². The Morgan fingerprint density at radius 3 is 2.94 bits per heavy atom. The smallest absolute Gasteiger partial charge is 0.220 e. The molecule has 1 heterocycles. The van der Waals surface area contributed by atoms with Crippen LogP contribution in [-0.2, 0) is 0 Å². The molecule has 0 amide bonds. The maximum absolute atomic E-state index is 13.6. The molecule has 1 atom stereocenters. The predicted octanol–water partition coefficient (Wildman–Crippen LogP) is 2.76. The highest BCUT2D eigenvalue weighted by molar-refractivity contribution is 7.14. The Hall–Kier alpha value is -1.25. The highest BCUT2D eigenvalue weighted by atomic mass is 35.5. The van der Waals surface area contributed by atoms with Gasteiger partial charge >= 0.3 is 0 Å². The lowest BCUT2D eigenvalue weighted by molar-refractivity contribution is 0.580. The van der Waals surface area contributed by atoms with E-state index in [9.17, 15) is 4.39 Å². The Morgan fingerprint density at radius 1 is 1.71 bits per heavy atom. The van der Waals surface area contributed by atoms with Crippen LogP contribution in [0, 0.1) is 5.95 Å². The molecule has 0 aliphatic rings. The van der Waals surface area contributed by atoms with Gasteiger partial charge in [0, 0.05) is 30.1 Å². The third kappa shape index (κ3) is 3.62. The number of allylic oxidation sites excluding steroid dienone is 2. The number of hydrogen-bond acceptors (Lipinski definition) is 3. The number of aromatic nitrogens is 1. The lowest BCUT2D eigenvalue weighted by Gasteiger charge is -2.10. The van der Waals surface area contributed by atoms with Gasteiger partial charge in [-0.15, -0.1) is 0 Å². The molecule has 17 heavy (non-hydrogen) atoms. The zero-order valence-corrected chi connectivity index (χ0v) is 11.2. The van der Waals surface area contributed by atoms with Crippen LogP contribution in [0.5, 0.6) is 0 Å². The number of nitrogens with zero attached hydrogens (tertiary/aromatic N) is 2. The van der Waals surface area contributed by atoms with Crippen molar-refractivity contribution in [3.8, 4) is 0 Å². The van der Waals surface area contributed by atoms with Crippen LogP contribution >= 0.6 is 21.0 Å². The second-order valence-electron chi connectivity index (χ2n) is 3.07. The van der Waals surface area contributed by atoms with Crippen molar-refractivity contribution in [2.24, 2.45) is 4.99 Å². The Balaban J connectivity index is 3.31. The van der Waals surface area contributed by atoms with Crippen molar-refractivity contribution in [2.45, 2.75) is 0 Å². The molecule has 0 saturated heterocycles. The minimum absolute atomic E-state index is 0.254. The molecule has 0 saturated carbocycles. The first-order chi connectivity index (χ1) is 8.10. The molecular formula is C11H12ClFN3P. The fraction of sp³-hybridized carbons (Fsp3) is 0.0909. The van der Waals surface area contributed by atoms with Gasteiger partial charge in [-0.2, -0.15) is 4.39 Å². The summed E-state index contributed by atoms with van der Waals surface area (Å²) >= 11 is 5.82. The molecule has 1 unspecified atom stereocenters. The molecule has 0 radical (unpaired) electrons. The molecule has 1 aromatic heterocycles. The van der Waals surface area contributed by atoms with E-state index in [4.69, 9.17) is 11.6 Å². The maximum Gasteiger partial charge on any atom is 0.220 e.